The van der Waals surface area contributed by atoms with Crippen molar-refractivity contribution in [1.29, 1.82) is 0 Å². The van der Waals surface area contributed by atoms with Gasteiger partial charge in [0.15, 0.2) is 5.17 Å². The van der Waals surface area contributed by atoms with Crippen LogP contribution >= 0.6 is 11.8 Å². The number of esters is 1. The van der Waals surface area contributed by atoms with Crippen LogP contribution in [0.2, 0.25) is 0 Å². The van der Waals surface area contributed by atoms with E-state index in [1.54, 1.807) is 12.1 Å². The van der Waals surface area contributed by atoms with Crippen molar-refractivity contribution in [1.82, 2.24) is 4.90 Å². The average Bonchev–Trinajstić information content (AvgIpc) is 3.49. The van der Waals surface area contributed by atoms with Gasteiger partial charge >= 0.3 is 5.97 Å². The average molecular weight is 507 g/mol. The van der Waals surface area contributed by atoms with Crippen LogP contribution in [0, 0.1) is 6.92 Å². The number of carbonyl (C=O) groups excluding carboxylic acids is 2. The lowest BCUT2D eigenvalue weighted by Gasteiger charge is -2.31. The van der Waals surface area contributed by atoms with Crippen molar-refractivity contribution in [2.45, 2.75) is 83.2 Å². The van der Waals surface area contributed by atoms with E-state index in [-0.39, 0.29) is 17.9 Å². The highest BCUT2D eigenvalue weighted by Crippen LogP contribution is 2.39. The molecule has 2 aromatic rings. The molecule has 6 nitrogen and oxygen atoms in total. The third kappa shape index (κ3) is 5.31. The lowest BCUT2D eigenvalue weighted by molar-refractivity contribution is -0.124. The Kier molecular flexibility index (Phi) is 7.65. The van der Waals surface area contributed by atoms with Gasteiger partial charge in [-0.05, 0) is 74.2 Å². The van der Waals surface area contributed by atoms with Gasteiger partial charge in [-0.25, -0.2) is 4.79 Å². The number of hydrogen-bond acceptors (Lipinski definition) is 6. The van der Waals surface area contributed by atoms with Gasteiger partial charge in [-0.1, -0.05) is 44.6 Å². The Morgan fingerprint density at radius 2 is 1.78 bits per heavy atom. The first-order valence-corrected chi connectivity index (χ1v) is 13.9. The van der Waals surface area contributed by atoms with E-state index in [1.165, 1.54) is 57.4 Å². The highest BCUT2D eigenvalue weighted by atomic mass is 32.2. The van der Waals surface area contributed by atoms with E-state index < -0.39 is 0 Å². The van der Waals surface area contributed by atoms with Crippen molar-refractivity contribution < 1.29 is 18.7 Å². The van der Waals surface area contributed by atoms with Crippen LogP contribution in [0.25, 0.3) is 17.4 Å². The van der Waals surface area contributed by atoms with Gasteiger partial charge in [0.25, 0.3) is 5.91 Å². The summed E-state index contributed by atoms with van der Waals surface area (Å²) in [7, 11) is 1.37. The quantitative estimate of drug-likeness (QED) is 0.323. The minimum atomic E-state index is -0.384. The Labute approximate surface area is 217 Å². The van der Waals surface area contributed by atoms with Gasteiger partial charge in [-0.15, -0.1) is 0 Å². The molecule has 2 saturated carbocycles. The molecule has 0 N–H and O–H groups in total. The Morgan fingerprint density at radius 1 is 1.06 bits per heavy atom. The minimum absolute atomic E-state index is 0.0447. The molecular weight excluding hydrogens is 472 g/mol. The van der Waals surface area contributed by atoms with Crippen LogP contribution in [-0.2, 0) is 9.53 Å². The summed E-state index contributed by atoms with van der Waals surface area (Å²) >= 11 is 1.49. The normalized spacial score (nSPS) is 22.1. The van der Waals surface area contributed by atoms with Gasteiger partial charge in [0.1, 0.15) is 11.5 Å². The second-order valence-electron chi connectivity index (χ2n) is 10.0. The van der Waals surface area contributed by atoms with Crippen molar-refractivity contribution in [3.8, 4) is 11.3 Å². The summed E-state index contributed by atoms with van der Waals surface area (Å²) in [6, 6.07) is 9.73. The maximum absolute atomic E-state index is 13.6. The fourth-order valence-electron chi connectivity index (χ4n) is 5.44. The number of aryl methyl sites for hydroxylation is 1. The molecule has 3 fully saturated rings. The molecule has 190 valence electrons. The first-order chi connectivity index (χ1) is 17.5. The number of hydrogen-bond donors (Lipinski definition) is 0. The number of aliphatic imine (C=N–C) groups is 1. The summed E-state index contributed by atoms with van der Waals surface area (Å²) in [5.41, 5.74) is 2.30. The summed E-state index contributed by atoms with van der Waals surface area (Å²) in [5.74, 6) is 0.931. The predicted molar refractivity (Wildman–Crippen MR) is 144 cm³/mol. The van der Waals surface area contributed by atoms with E-state index in [0.29, 0.717) is 28.0 Å². The molecule has 2 aliphatic carbocycles. The first-order valence-electron chi connectivity index (χ1n) is 13.1. The molecular formula is C29H34N2O4S. The number of benzene rings is 1. The van der Waals surface area contributed by atoms with Crippen LogP contribution in [0.4, 0.5) is 0 Å². The number of ether oxygens (including phenoxy) is 1. The Balaban J connectivity index is 1.42. The largest absolute Gasteiger partial charge is 0.465 e. The van der Waals surface area contributed by atoms with Crippen LogP contribution in [0.3, 0.4) is 0 Å². The molecule has 1 saturated heterocycles. The van der Waals surface area contributed by atoms with Crippen LogP contribution in [0.15, 0.2) is 44.6 Å². The molecule has 36 heavy (non-hydrogen) atoms. The van der Waals surface area contributed by atoms with Crippen molar-refractivity contribution in [2.24, 2.45) is 4.99 Å². The summed E-state index contributed by atoms with van der Waals surface area (Å²) in [4.78, 5) is 33.4. The molecule has 7 heteroatoms. The van der Waals surface area contributed by atoms with Gasteiger partial charge < -0.3 is 9.15 Å². The Bertz CT molecular complexity index is 1190. The number of amides is 1. The van der Waals surface area contributed by atoms with Gasteiger partial charge in [0.05, 0.1) is 23.6 Å². The monoisotopic (exact) mass is 506 g/mol. The molecule has 0 spiro atoms. The van der Waals surface area contributed by atoms with Gasteiger partial charge in [-0.2, -0.15) is 0 Å². The molecule has 0 bridgehead atoms. The van der Waals surface area contributed by atoms with E-state index in [2.05, 4.69) is 0 Å². The fraction of sp³-hybridized carbons (Fsp3) is 0.483. The zero-order chi connectivity index (χ0) is 25.1. The standard InChI is InChI=1S/C29H34N2O4S/c1-19-13-14-20(28(33)34-2)17-24(19)25-16-15-23(35-25)18-26-27(32)31(22-11-7-4-8-12-22)29(36-26)30-21-9-5-3-6-10-21/h13-18,21-22H,3-12H2,1-2H3. The second-order valence-corrected chi connectivity index (χ2v) is 11.0. The first kappa shape index (κ1) is 24.9. The number of rotatable bonds is 5. The summed E-state index contributed by atoms with van der Waals surface area (Å²) in [6.45, 7) is 1.98. The third-order valence-corrected chi connectivity index (χ3v) is 8.47. The number of amidine groups is 1. The van der Waals surface area contributed by atoms with Crippen molar-refractivity contribution in [3.63, 3.8) is 0 Å². The SMILES string of the molecule is COC(=O)c1ccc(C)c(-c2ccc(C=C3SC(=NC4CCCCC4)N(C4CCCCC4)C3=O)o2)c1. The van der Waals surface area contributed by atoms with E-state index in [0.717, 1.165) is 42.0 Å². The molecule has 1 aromatic heterocycles. The molecule has 5 rings (SSSR count). The molecule has 0 atom stereocenters. The smallest absolute Gasteiger partial charge is 0.337 e. The molecule has 3 aliphatic rings. The van der Waals surface area contributed by atoms with Crippen molar-refractivity contribution >= 4 is 34.9 Å². The third-order valence-electron chi connectivity index (χ3n) is 7.47. The van der Waals surface area contributed by atoms with Crippen LogP contribution in [0.1, 0.15) is 85.9 Å². The number of methoxy groups -OCH3 is 1. The van der Waals surface area contributed by atoms with Crippen LogP contribution in [0.5, 0.6) is 0 Å². The van der Waals surface area contributed by atoms with E-state index in [1.807, 2.05) is 36.1 Å². The number of thioether (sulfide) groups is 1. The molecule has 1 amide bonds. The highest BCUT2D eigenvalue weighted by Gasteiger charge is 2.39. The van der Waals surface area contributed by atoms with Gasteiger partial charge in [-0.3, -0.25) is 14.7 Å². The molecule has 1 aliphatic heterocycles. The summed E-state index contributed by atoms with van der Waals surface area (Å²) in [5, 5.41) is 0.874. The van der Waals surface area contributed by atoms with Crippen LogP contribution < -0.4 is 0 Å². The van der Waals surface area contributed by atoms with Crippen LogP contribution in [-0.4, -0.2) is 41.1 Å². The summed E-state index contributed by atoms with van der Waals surface area (Å²) in [6.07, 6.45) is 13.5. The minimum Gasteiger partial charge on any atom is -0.465 e. The van der Waals surface area contributed by atoms with E-state index >= 15 is 0 Å². The summed E-state index contributed by atoms with van der Waals surface area (Å²) < 4.78 is 11.0. The zero-order valence-corrected chi connectivity index (χ0v) is 21.9. The van der Waals surface area contributed by atoms with E-state index in [4.69, 9.17) is 14.1 Å². The molecule has 2 heterocycles. The van der Waals surface area contributed by atoms with Crippen molar-refractivity contribution in [3.05, 3.63) is 52.1 Å². The number of furan rings is 1. The Morgan fingerprint density at radius 3 is 2.50 bits per heavy atom. The lowest BCUT2D eigenvalue weighted by atomic mass is 9.94. The fourth-order valence-corrected chi connectivity index (χ4v) is 6.53. The lowest BCUT2D eigenvalue weighted by Crippen LogP contribution is -2.41. The van der Waals surface area contributed by atoms with Gasteiger partial charge in [0, 0.05) is 17.7 Å². The van der Waals surface area contributed by atoms with Crippen molar-refractivity contribution in [2.75, 3.05) is 7.11 Å². The second kappa shape index (κ2) is 11.1. The predicted octanol–water partition coefficient (Wildman–Crippen LogP) is 6.98. The highest BCUT2D eigenvalue weighted by molar-refractivity contribution is 8.18. The topological polar surface area (TPSA) is 72.1 Å². The maximum atomic E-state index is 13.6. The molecule has 0 unspecified atom stereocenters. The van der Waals surface area contributed by atoms with Gasteiger partial charge in [0.2, 0.25) is 0 Å². The Hall–Kier alpha value is -2.80. The number of carbonyl (C=O) groups is 2. The van der Waals surface area contributed by atoms with E-state index in [9.17, 15) is 9.59 Å². The number of nitrogens with zero attached hydrogens (tertiary/aromatic N) is 2. The maximum Gasteiger partial charge on any atom is 0.337 e. The zero-order valence-electron chi connectivity index (χ0n) is 21.1. The molecule has 0 radical (unpaired) electrons. The molecule has 1 aromatic carbocycles.